The fourth-order valence-corrected chi connectivity index (χ4v) is 5.93. The quantitative estimate of drug-likeness (QED) is 0.851. The van der Waals surface area contributed by atoms with Gasteiger partial charge in [0.15, 0.2) is 0 Å². The van der Waals surface area contributed by atoms with Gasteiger partial charge >= 0.3 is 4.87 Å². The number of sulfonamides is 1. The summed E-state index contributed by atoms with van der Waals surface area (Å²) in [6.45, 7) is 7.14. The van der Waals surface area contributed by atoms with Crippen molar-refractivity contribution in [3.63, 3.8) is 0 Å². The SMILES string of the molecule is CC(C)n1c(=O)sc2cc(S(=O)(=O)N3CCC[C@@H](C)C3)ccc21. The first kappa shape index (κ1) is 16.7. The third-order valence-corrected chi connectivity index (χ3v) is 7.14. The summed E-state index contributed by atoms with van der Waals surface area (Å²) in [5.41, 5.74) is 0.806. The molecule has 5 nitrogen and oxygen atoms in total. The van der Waals surface area contributed by atoms with Crippen molar-refractivity contribution >= 4 is 31.6 Å². The number of hydrogen-bond acceptors (Lipinski definition) is 4. The number of rotatable bonds is 3. The van der Waals surface area contributed by atoms with E-state index in [2.05, 4.69) is 6.92 Å². The summed E-state index contributed by atoms with van der Waals surface area (Å²) in [4.78, 5) is 12.4. The number of benzene rings is 1. The van der Waals surface area contributed by atoms with Crippen molar-refractivity contribution in [2.45, 2.75) is 44.6 Å². The molecule has 3 rings (SSSR count). The molecule has 0 bridgehead atoms. The number of fused-ring (bicyclic) bond motifs is 1. The molecule has 0 spiro atoms. The number of piperidine rings is 1. The molecule has 0 radical (unpaired) electrons. The van der Waals surface area contributed by atoms with Crippen molar-refractivity contribution in [2.24, 2.45) is 5.92 Å². The molecule has 1 saturated heterocycles. The van der Waals surface area contributed by atoms with Gasteiger partial charge in [0.1, 0.15) is 0 Å². The van der Waals surface area contributed by atoms with Crippen LogP contribution >= 0.6 is 11.3 Å². The predicted molar refractivity (Wildman–Crippen MR) is 93.6 cm³/mol. The van der Waals surface area contributed by atoms with E-state index in [0.29, 0.717) is 19.0 Å². The second-order valence-electron chi connectivity index (χ2n) is 6.57. The molecular formula is C16H22N2O3S2. The lowest BCUT2D eigenvalue weighted by Gasteiger charge is -2.30. The van der Waals surface area contributed by atoms with Gasteiger partial charge in [0, 0.05) is 19.1 Å². The van der Waals surface area contributed by atoms with Crippen molar-refractivity contribution in [1.82, 2.24) is 8.87 Å². The van der Waals surface area contributed by atoms with Crippen molar-refractivity contribution in [3.8, 4) is 0 Å². The average molecular weight is 354 g/mol. The molecule has 1 fully saturated rings. The smallest absolute Gasteiger partial charge is 0.296 e. The van der Waals surface area contributed by atoms with Crippen molar-refractivity contribution < 1.29 is 8.42 Å². The van der Waals surface area contributed by atoms with Gasteiger partial charge in [0.25, 0.3) is 0 Å². The first-order valence-corrected chi connectivity index (χ1v) is 10.2. The highest BCUT2D eigenvalue weighted by Gasteiger charge is 2.29. The van der Waals surface area contributed by atoms with E-state index in [9.17, 15) is 13.2 Å². The Bertz CT molecular complexity index is 880. The van der Waals surface area contributed by atoms with Gasteiger partial charge in [-0.15, -0.1) is 0 Å². The number of thiazole rings is 1. The minimum Gasteiger partial charge on any atom is -0.296 e. The first-order chi connectivity index (χ1) is 10.8. The zero-order valence-corrected chi connectivity index (χ0v) is 15.3. The van der Waals surface area contributed by atoms with Crippen molar-refractivity contribution in [3.05, 3.63) is 27.9 Å². The Hall–Kier alpha value is -1.18. The maximum atomic E-state index is 12.8. The Morgan fingerprint density at radius 3 is 2.70 bits per heavy atom. The largest absolute Gasteiger partial charge is 0.308 e. The number of nitrogens with zero attached hydrogens (tertiary/aromatic N) is 2. The number of aromatic nitrogens is 1. The monoisotopic (exact) mass is 354 g/mol. The van der Waals surface area contributed by atoms with Crippen molar-refractivity contribution in [2.75, 3.05) is 13.1 Å². The Morgan fingerprint density at radius 2 is 2.04 bits per heavy atom. The topological polar surface area (TPSA) is 59.4 Å². The Labute approximate surface area is 140 Å². The third kappa shape index (κ3) is 2.97. The zero-order valence-electron chi connectivity index (χ0n) is 13.7. The molecule has 2 heterocycles. The molecule has 23 heavy (non-hydrogen) atoms. The van der Waals surface area contributed by atoms with Crippen LogP contribution in [-0.2, 0) is 10.0 Å². The fourth-order valence-electron chi connectivity index (χ4n) is 3.18. The van der Waals surface area contributed by atoms with Crippen LogP contribution in [0, 0.1) is 5.92 Å². The summed E-state index contributed by atoms with van der Waals surface area (Å²) in [7, 11) is -3.48. The van der Waals surface area contributed by atoms with Crippen LogP contribution in [0.3, 0.4) is 0 Å². The first-order valence-electron chi connectivity index (χ1n) is 7.96. The van der Waals surface area contributed by atoms with Gasteiger partial charge in [-0.05, 0) is 50.8 Å². The van der Waals surface area contributed by atoms with E-state index < -0.39 is 10.0 Å². The summed E-state index contributed by atoms with van der Waals surface area (Å²) in [5.74, 6) is 0.389. The standard InChI is InChI=1S/C16H22N2O3S2/c1-11(2)18-14-7-6-13(9-15(14)22-16(18)19)23(20,21)17-8-4-5-12(3)10-17/h6-7,9,11-12H,4-5,8,10H2,1-3H3/t12-/m1/s1. The van der Waals surface area contributed by atoms with Gasteiger partial charge < -0.3 is 0 Å². The van der Waals surface area contributed by atoms with Crippen LogP contribution in [0.25, 0.3) is 10.2 Å². The molecule has 2 aromatic rings. The molecule has 0 N–H and O–H groups in total. The van der Waals surface area contributed by atoms with Gasteiger partial charge in [-0.3, -0.25) is 9.36 Å². The number of hydrogen-bond donors (Lipinski definition) is 0. The maximum absolute atomic E-state index is 12.8. The summed E-state index contributed by atoms with van der Waals surface area (Å²) in [6.07, 6.45) is 1.98. The van der Waals surface area contributed by atoms with E-state index in [1.807, 2.05) is 13.8 Å². The molecule has 1 aliphatic rings. The Balaban J connectivity index is 2.05. The summed E-state index contributed by atoms with van der Waals surface area (Å²) < 4.78 is 29.7. The molecule has 0 amide bonds. The Morgan fingerprint density at radius 1 is 1.30 bits per heavy atom. The van der Waals surface area contributed by atoms with Gasteiger partial charge in [0.2, 0.25) is 10.0 Å². The molecule has 1 aliphatic heterocycles. The van der Waals surface area contributed by atoms with Crippen LogP contribution in [0.1, 0.15) is 39.7 Å². The molecular weight excluding hydrogens is 332 g/mol. The summed E-state index contributed by atoms with van der Waals surface area (Å²) in [6, 6.07) is 5.09. The van der Waals surface area contributed by atoms with E-state index in [1.165, 1.54) is 0 Å². The molecule has 1 aromatic heterocycles. The van der Waals surface area contributed by atoms with Crippen LogP contribution in [0.4, 0.5) is 0 Å². The van der Waals surface area contributed by atoms with Crippen LogP contribution in [0.2, 0.25) is 0 Å². The van der Waals surface area contributed by atoms with Crippen LogP contribution in [0.15, 0.2) is 27.9 Å². The van der Waals surface area contributed by atoms with Crippen molar-refractivity contribution in [1.29, 1.82) is 0 Å². The van der Waals surface area contributed by atoms with Crippen LogP contribution < -0.4 is 4.87 Å². The van der Waals surface area contributed by atoms with E-state index >= 15 is 0 Å². The molecule has 1 aromatic carbocycles. The molecule has 126 valence electrons. The fraction of sp³-hybridized carbons (Fsp3) is 0.562. The lowest BCUT2D eigenvalue weighted by atomic mass is 10.0. The minimum atomic E-state index is -3.48. The highest BCUT2D eigenvalue weighted by atomic mass is 32.2. The highest BCUT2D eigenvalue weighted by Crippen LogP contribution is 2.28. The van der Waals surface area contributed by atoms with E-state index in [-0.39, 0.29) is 15.8 Å². The third-order valence-electron chi connectivity index (χ3n) is 4.36. The lowest BCUT2D eigenvalue weighted by Crippen LogP contribution is -2.39. The van der Waals surface area contributed by atoms with Gasteiger partial charge in [0.05, 0.1) is 15.1 Å². The second-order valence-corrected chi connectivity index (χ2v) is 9.50. The van der Waals surface area contributed by atoms with E-state index in [0.717, 1.165) is 34.4 Å². The van der Waals surface area contributed by atoms with Gasteiger partial charge in [-0.25, -0.2) is 8.42 Å². The molecule has 7 heteroatoms. The van der Waals surface area contributed by atoms with Crippen LogP contribution in [-0.4, -0.2) is 30.4 Å². The minimum absolute atomic E-state index is 0.0452. The highest BCUT2D eigenvalue weighted by molar-refractivity contribution is 7.89. The molecule has 1 atom stereocenters. The summed E-state index contributed by atoms with van der Waals surface area (Å²) >= 11 is 1.11. The lowest BCUT2D eigenvalue weighted by molar-refractivity contribution is 0.281. The predicted octanol–water partition coefficient (Wildman–Crippen LogP) is 3.06. The normalized spacial score (nSPS) is 20.4. The van der Waals surface area contributed by atoms with E-state index in [1.54, 1.807) is 27.1 Å². The van der Waals surface area contributed by atoms with E-state index in [4.69, 9.17) is 0 Å². The Kier molecular flexibility index (Phi) is 4.37. The zero-order chi connectivity index (χ0) is 16.8. The summed E-state index contributed by atoms with van der Waals surface area (Å²) in [5, 5.41) is 0. The molecule has 0 saturated carbocycles. The second kappa shape index (κ2) is 6.03. The maximum Gasteiger partial charge on any atom is 0.308 e. The molecule has 0 unspecified atom stereocenters. The van der Waals surface area contributed by atoms with Gasteiger partial charge in [-0.1, -0.05) is 18.3 Å². The molecule has 0 aliphatic carbocycles. The van der Waals surface area contributed by atoms with Crippen LogP contribution in [0.5, 0.6) is 0 Å². The average Bonchev–Trinajstić information content (AvgIpc) is 2.82. The van der Waals surface area contributed by atoms with Gasteiger partial charge in [-0.2, -0.15) is 4.31 Å².